The molecule has 140 valence electrons. The molecule has 0 aliphatic heterocycles. The fourth-order valence-electron chi connectivity index (χ4n) is 2.93. The number of halogens is 1. The molecule has 2 aromatic heterocycles. The second kappa shape index (κ2) is 8.63. The van der Waals surface area contributed by atoms with E-state index in [9.17, 15) is 4.39 Å². The van der Waals surface area contributed by atoms with Crippen molar-refractivity contribution in [2.24, 2.45) is 0 Å². The Morgan fingerprint density at radius 3 is 2.43 bits per heavy atom. The van der Waals surface area contributed by atoms with Gasteiger partial charge in [0.2, 0.25) is 0 Å². The molecule has 0 fully saturated rings. The Bertz CT molecular complexity index is 1060. The van der Waals surface area contributed by atoms with Crippen molar-refractivity contribution in [3.63, 3.8) is 0 Å². The van der Waals surface area contributed by atoms with Gasteiger partial charge >= 0.3 is 0 Å². The molecule has 3 nitrogen and oxygen atoms in total. The monoisotopic (exact) mass is 407 g/mol. The fraction of sp³-hybridized carbons (Fsp3) is 0.0909. The van der Waals surface area contributed by atoms with E-state index in [2.05, 4.69) is 40.5 Å². The van der Waals surface area contributed by atoms with Crippen LogP contribution in [-0.4, -0.2) is 21.2 Å². The van der Waals surface area contributed by atoms with E-state index in [0.29, 0.717) is 0 Å². The lowest BCUT2D eigenvalue weighted by atomic mass is 10.1. The topological polar surface area (TPSA) is 41.6 Å². The van der Waals surface area contributed by atoms with Crippen LogP contribution in [-0.2, 0) is 5.75 Å². The highest BCUT2D eigenvalue weighted by atomic mass is 32.2. The van der Waals surface area contributed by atoms with Crippen LogP contribution in [0.4, 0.5) is 4.39 Å². The summed E-state index contributed by atoms with van der Waals surface area (Å²) in [5.41, 5.74) is 4.88. The molecule has 0 amide bonds. The number of H-pyrrole nitrogens is 1. The van der Waals surface area contributed by atoms with E-state index in [1.807, 2.05) is 12.1 Å². The van der Waals surface area contributed by atoms with Crippen LogP contribution in [0.15, 0.2) is 83.1 Å². The predicted molar refractivity (Wildman–Crippen MR) is 115 cm³/mol. The zero-order valence-electron chi connectivity index (χ0n) is 15.2. The number of rotatable bonds is 6. The quantitative estimate of drug-likeness (QED) is 0.381. The highest BCUT2D eigenvalue weighted by Gasteiger charge is 2.15. The highest BCUT2D eigenvalue weighted by Crippen LogP contribution is 2.34. The van der Waals surface area contributed by atoms with Gasteiger partial charge < -0.3 is 4.98 Å². The van der Waals surface area contributed by atoms with E-state index < -0.39 is 0 Å². The summed E-state index contributed by atoms with van der Waals surface area (Å²) in [6, 6.07) is 18.7. The van der Waals surface area contributed by atoms with E-state index >= 15 is 0 Å². The van der Waals surface area contributed by atoms with Crippen LogP contribution in [0.25, 0.3) is 22.5 Å². The van der Waals surface area contributed by atoms with Gasteiger partial charge in [0.25, 0.3) is 0 Å². The Labute approximate surface area is 171 Å². The number of aromatic nitrogens is 3. The van der Waals surface area contributed by atoms with E-state index in [1.165, 1.54) is 22.6 Å². The number of nitrogens with zero attached hydrogens (tertiary/aromatic N) is 2. The van der Waals surface area contributed by atoms with Crippen LogP contribution in [0.5, 0.6) is 0 Å². The standard InChI is InChI=1S/C22H18FN3S2/c1-27-19-5-3-2-4-17(19)14-28-22-25-20(15-6-8-18(23)9-7-15)21(26-22)16-10-12-24-13-11-16/h2-13H,14H2,1H3,(H,25,26). The molecule has 0 saturated carbocycles. The summed E-state index contributed by atoms with van der Waals surface area (Å²) in [7, 11) is 0. The molecule has 6 heteroatoms. The van der Waals surface area contributed by atoms with Crippen molar-refractivity contribution in [1.82, 2.24) is 15.0 Å². The Morgan fingerprint density at radius 2 is 1.68 bits per heavy atom. The first-order valence-electron chi connectivity index (χ1n) is 8.75. The minimum absolute atomic E-state index is 0.256. The van der Waals surface area contributed by atoms with Gasteiger partial charge in [-0.1, -0.05) is 30.0 Å². The van der Waals surface area contributed by atoms with E-state index in [-0.39, 0.29) is 5.82 Å². The minimum Gasteiger partial charge on any atom is -0.332 e. The van der Waals surface area contributed by atoms with Gasteiger partial charge in [-0.25, -0.2) is 9.37 Å². The third kappa shape index (κ3) is 4.13. The first-order valence-corrected chi connectivity index (χ1v) is 11.0. The minimum atomic E-state index is -0.256. The number of hydrogen-bond acceptors (Lipinski definition) is 4. The van der Waals surface area contributed by atoms with Crippen molar-refractivity contribution >= 4 is 23.5 Å². The molecule has 0 radical (unpaired) electrons. The Hall–Kier alpha value is -2.57. The number of imidazole rings is 1. The molecule has 0 aliphatic carbocycles. The summed E-state index contributed by atoms with van der Waals surface area (Å²) in [5.74, 6) is 0.566. The molecule has 0 aliphatic rings. The number of aromatic amines is 1. The molecule has 2 heterocycles. The Morgan fingerprint density at radius 1 is 0.929 bits per heavy atom. The van der Waals surface area contributed by atoms with Crippen LogP contribution in [0, 0.1) is 5.82 Å². The average Bonchev–Trinajstić information content (AvgIpc) is 3.18. The highest BCUT2D eigenvalue weighted by molar-refractivity contribution is 7.99. The summed E-state index contributed by atoms with van der Waals surface area (Å²) in [4.78, 5) is 13.6. The Balaban J connectivity index is 1.68. The smallest absolute Gasteiger partial charge is 0.166 e. The van der Waals surface area contributed by atoms with Gasteiger partial charge in [0.15, 0.2) is 5.16 Å². The average molecular weight is 408 g/mol. The fourth-order valence-corrected chi connectivity index (χ4v) is 4.51. The first kappa shape index (κ1) is 18.8. The second-order valence-corrected chi connectivity index (χ2v) is 7.92. The summed E-state index contributed by atoms with van der Waals surface area (Å²) < 4.78 is 13.4. The molecule has 0 unspecified atom stereocenters. The van der Waals surface area contributed by atoms with Gasteiger partial charge in [-0.2, -0.15) is 0 Å². The summed E-state index contributed by atoms with van der Waals surface area (Å²) >= 11 is 3.41. The summed E-state index contributed by atoms with van der Waals surface area (Å²) in [6.07, 6.45) is 5.60. The zero-order chi connectivity index (χ0) is 19.3. The number of nitrogens with one attached hydrogen (secondary N) is 1. The van der Waals surface area contributed by atoms with Crippen LogP contribution in [0.2, 0.25) is 0 Å². The number of benzene rings is 2. The van der Waals surface area contributed by atoms with Gasteiger partial charge in [-0.05, 0) is 54.3 Å². The van der Waals surface area contributed by atoms with Crippen LogP contribution in [0.1, 0.15) is 5.56 Å². The van der Waals surface area contributed by atoms with Gasteiger partial charge in [0.1, 0.15) is 5.82 Å². The lowest BCUT2D eigenvalue weighted by Crippen LogP contribution is -1.85. The SMILES string of the molecule is CSc1ccccc1CSc1nc(-c2ccc(F)cc2)c(-c2ccncc2)[nH]1. The zero-order valence-corrected chi connectivity index (χ0v) is 16.9. The van der Waals surface area contributed by atoms with Gasteiger partial charge in [-0.3, -0.25) is 4.98 Å². The second-order valence-electron chi connectivity index (χ2n) is 6.11. The summed E-state index contributed by atoms with van der Waals surface area (Å²) in [6.45, 7) is 0. The maximum Gasteiger partial charge on any atom is 0.166 e. The maximum absolute atomic E-state index is 13.4. The molecule has 0 spiro atoms. The molecule has 0 bridgehead atoms. The molecular formula is C22H18FN3S2. The lowest BCUT2D eigenvalue weighted by Gasteiger charge is -2.05. The van der Waals surface area contributed by atoms with Crippen molar-refractivity contribution in [2.75, 3.05) is 6.26 Å². The predicted octanol–water partition coefficient (Wildman–Crippen LogP) is 6.29. The van der Waals surface area contributed by atoms with Crippen molar-refractivity contribution in [2.45, 2.75) is 15.8 Å². The van der Waals surface area contributed by atoms with Gasteiger partial charge in [-0.15, -0.1) is 11.8 Å². The van der Waals surface area contributed by atoms with Crippen LogP contribution < -0.4 is 0 Å². The van der Waals surface area contributed by atoms with Gasteiger partial charge in [0.05, 0.1) is 11.4 Å². The molecule has 0 saturated heterocycles. The lowest BCUT2D eigenvalue weighted by molar-refractivity contribution is 0.628. The number of hydrogen-bond donors (Lipinski definition) is 1. The number of thioether (sulfide) groups is 2. The van der Waals surface area contributed by atoms with Crippen LogP contribution >= 0.6 is 23.5 Å². The van der Waals surface area contributed by atoms with E-state index in [0.717, 1.165) is 33.4 Å². The molecule has 28 heavy (non-hydrogen) atoms. The molecular weight excluding hydrogens is 389 g/mol. The maximum atomic E-state index is 13.4. The molecule has 0 atom stereocenters. The largest absolute Gasteiger partial charge is 0.332 e. The number of pyridine rings is 1. The molecule has 4 rings (SSSR count). The Kier molecular flexibility index (Phi) is 5.78. The summed E-state index contributed by atoms with van der Waals surface area (Å²) in [5, 5.41) is 0.835. The van der Waals surface area contributed by atoms with Crippen molar-refractivity contribution in [1.29, 1.82) is 0 Å². The normalized spacial score (nSPS) is 10.9. The van der Waals surface area contributed by atoms with Crippen molar-refractivity contribution < 1.29 is 4.39 Å². The van der Waals surface area contributed by atoms with Crippen molar-refractivity contribution in [3.05, 3.63) is 84.4 Å². The van der Waals surface area contributed by atoms with Gasteiger partial charge in [0, 0.05) is 34.2 Å². The van der Waals surface area contributed by atoms with Crippen molar-refractivity contribution in [3.8, 4) is 22.5 Å². The molecule has 1 N–H and O–H groups in total. The third-order valence-electron chi connectivity index (χ3n) is 4.33. The van der Waals surface area contributed by atoms with E-state index in [1.54, 1.807) is 48.1 Å². The third-order valence-corrected chi connectivity index (χ3v) is 6.09. The van der Waals surface area contributed by atoms with Crippen LogP contribution in [0.3, 0.4) is 0 Å². The molecule has 4 aromatic rings. The van der Waals surface area contributed by atoms with E-state index in [4.69, 9.17) is 4.98 Å². The first-order chi connectivity index (χ1) is 13.7. The molecule has 2 aromatic carbocycles.